The normalized spacial score (nSPS) is 11.7. The molecule has 0 spiro atoms. The Morgan fingerprint density at radius 2 is 1.66 bits per heavy atom. The van der Waals surface area contributed by atoms with Crippen molar-refractivity contribution in [2.75, 3.05) is 14.2 Å². The van der Waals surface area contributed by atoms with E-state index in [4.69, 9.17) is 21.1 Å². The predicted molar refractivity (Wildman–Crippen MR) is 114 cm³/mol. The number of carbonyl (C=O) groups excluding carboxylic acids is 2. The lowest BCUT2D eigenvalue weighted by Crippen LogP contribution is -2.47. The zero-order valence-corrected chi connectivity index (χ0v) is 17.9. The van der Waals surface area contributed by atoms with Crippen molar-refractivity contribution < 1.29 is 19.1 Å². The molecule has 29 heavy (non-hydrogen) atoms. The molecule has 2 rings (SSSR count). The van der Waals surface area contributed by atoms with E-state index in [1.807, 2.05) is 26.0 Å². The molecule has 0 aliphatic rings. The lowest BCUT2D eigenvalue weighted by Gasteiger charge is -2.20. The molecule has 0 unspecified atom stereocenters. The third kappa shape index (κ3) is 6.68. The van der Waals surface area contributed by atoms with Gasteiger partial charge in [0.2, 0.25) is 5.91 Å². The maximum Gasteiger partial charge on any atom is 0.251 e. The molecular formula is C22H27ClN2O4. The molecule has 7 heteroatoms. The Labute approximate surface area is 176 Å². The van der Waals surface area contributed by atoms with Gasteiger partial charge in [0.25, 0.3) is 5.91 Å². The lowest BCUT2D eigenvalue weighted by atomic mass is 10.0. The summed E-state index contributed by atoms with van der Waals surface area (Å²) in [6.45, 7) is 4.32. The second kappa shape index (κ2) is 10.7. The molecule has 0 aromatic heterocycles. The molecule has 0 saturated heterocycles. The summed E-state index contributed by atoms with van der Waals surface area (Å²) in [6.07, 6.45) is 0.525. The molecule has 2 aromatic rings. The van der Waals surface area contributed by atoms with Crippen molar-refractivity contribution in [3.63, 3.8) is 0 Å². The Kier molecular flexibility index (Phi) is 8.34. The van der Waals surface area contributed by atoms with E-state index in [-0.39, 0.29) is 17.7 Å². The molecule has 2 N–H and O–H groups in total. The van der Waals surface area contributed by atoms with E-state index < -0.39 is 6.04 Å². The minimum Gasteiger partial charge on any atom is -0.493 e. The van der Waals surface area contributed by atoms with Gasteiger partial charge in [-0.25, -0.2) is 0 Å². The lowest BCUT2D eigenvalue weighted by molar-refractivity contribution is -0.123. The molecule has 2 amide bonds. The summed E-state index contributed by atoms with van der Waals surface area (Å²) < 4.78 is 10.5. The third-order valence-corrected chi connectivity index (χ3v) is 4.60. The van der Waals surface area contributed by atoms with Crippen molar-refractivity contribution in [2.24, 2.45) is 5.92 Å². The van der Waals surface area contributed by atoms with E-state index in [1.165, 1.54) is 0 Å². The Morgan fingerprint density at radius 3 is 2.24 bits per heavy atom. The van der Waals surface area contributed by atoms with Gasteiger partial charge in [-0.2, -0.15) is 0 Å². The summed E-state index contributed by atoms with van der Waals surface area (Å²) in [4.78, 5) is 25.3. The van der Waals surface area contributed by atoms with Crippen molar-refractivity contribution >= 4 is 23.4 Å². The second-order valence-corrected chi connectivity index (χ2v) is 7.51. The number of halogens is 1. The summed E-state index contributed by atoms with van der Waals surface area (Å²) >= 11 is 5.87. The molecular weight excluding hydrogens is 392 g/mol. The van der Waals surface area contributed by atoms with Crippen LogP contribution in [0.3, 0.4) is 0 Å². The zero-order chi connectivity index (χ0) is 21.4. The van der Waals surface area contributed by atoms with Gasteiger partial charge in [-0.05, 0) is 54.3 Å². The van der Waals surface area contributed by atoms with E-state index in [2.05, 4.69) is 10.6 Å². The summed E-state index contributed by atoms with van der Waals surface area (Å²) in [7, 11) is 3.13. The number of hydrogen-bond donors (Lipinski definition) is 2. The highest BCUT2D eigenvalue weighted by atomic mass is 35.5. The maximum absolute atomic E-state index is 12.7. The minimum absolute atomic E-state index is 0.234. The van der Waals surface area contributed by atoms with Crippen molar-refractivity contribution in [3.8, 4) is 11.5 Å². The van der Waals surface area contributed by atoms with Crippen LogP contribution in [0.2, 0.25) is 5.02 Å². The largest absolute Gasteiger partial charge is 0.493 e. The number of amides is 2. The van der Waals surface area contributed by atoms with Crippen LogP contribution in [0.25, 0.3) is 0 Å². The smallest absolute Gasteiger partial charge is 0.251 e. The molecule has 0 bridgehead atoms. The van der Waals surface area contributed by atoms with Gasteiger partial charge in [0.05, 0.1) is 14.2 Å². The van der Waals surface area contributed by atoms with Gasteiger partial charge >= 0.3 is 0 Å². The fraction of sp³-hybridized carbons (Fsp3) is 0.364. The van der Waals surface area contributed by atoms with Crippen LogP contribution in [0.15, 0.2) is 42.5 Å². The van der Waals surface area contributed by atoms with Crippen LogP contribution < -0.4 is 20.1 Å². The standard InChI is InChI=1S/C22H27ClN2O4/c1-14(2)11-18(25-21(26)16-6-8-17(23)9-7-16)22(27)24-13-15-5-10-19(28-3)20(12-15)29-4/h5-10,12,14,18H,11,13H2,1-4H3,(H,24,27)(H,25,26)/t18-/m1/s1. The van der Waals surface area contributed by atoms with Crippen LogP contribution in [-0.2, 0) is 11.3 Å². The number of nitrogens with one attached hydrogen (secondary N) is 2. The van der Waals surface area contributed by atoms with Crippen molar-refractivity contribution in [2.45, 2.75) is 32.9 Å². The van der Waals surface area contributed by atoms with E-state index in [0.29, 0.717) is 35.1 Å². The molecule has 0 aliphatic carbocycles. The zero-order valence-electron chi connectivity index (χ0n) is 17.1. The SMILES string of the molecule is COc1ccc(CNC(=O)[C@@H](CC(C)C)NC(=O)c2ccc(Cl)cc2)cc1OC. The molecule has 0 heterocycles. The van der Waals surface area contributed by atoms with Gasteiger partial charge in [0.1, 0.15) is 6.04 Å². The van der Waals surface area contributed by atoms with Gasteiger partial charge < -0.3 is 20.1 Å². The van der Waals surface area contributed by atoms with Crippen molar-refractivity contribution in [1.29, 1.82) is 0 Å². The summed E-state index contributed by atoms with van der Waals surface area (Å²) in [5, 5.41) is 6.26. The van der Waals surface area contributed by atoms with E-state index in [9.17, 15) is 9.59 Å². The Morgan fingerprint density at radius 1 is 1.00 bits per heavy atom. The highest BCUT2D eigenvalue weighted by molar-refractivity contribution is 6.30. The monoisotopic (exact) mass is 418 g/mol. The van der Waals surface area contributed by atoms with E-state index in [1.54, 1.807) is 44.6 Å². The quantitative estimate of drug-likeness (QED) is 0.649. The first kappa shape index (κ1) is 22.6. The van der Waals surface area contributed by atoms with Gasteiger partial charge in [-0.1, -0.05) is 31.5 Å². The topological polar surface area (TPSA) is 76.7 Å². The maximum atomic E-state index is 12.7. The fourth-order valence-corrected chi connectivity index (χ4v) is 2.97. The molecule has 0 fully saturated rings. The first-order valence-electron chi connectivity index (χ1n) is 9.39. The average molecular weight is 419 g/mol. The molecule has 1 atom stereocenters. The Hall–Kier alpha value is -2.73. The van der Waals surface area contributed by atoms with Crippen LogP contribution in [-0.4, -0.2) is 32.1 Å². The Balaban J connectivity index is 2.04. The third-order valence-electron chi connectivity index (χ3n) is 4.35. The minimum atomic E-state index is -0.640. The fourth-order valence-electron chi connectivity index (χ4n) is 2.85. The number of methoxy groups -OCH3 is 2. The second-order valence-electron chi connectivity index (χ2n) is 7.07. The highest BCUT2D eigenvalue weighted by Crippen LogP contribution is 2.27. The number of rotatable bonds is 9. The summed E-state index contributed by atoms with van der Waals surface area (Å²) in [5.41, 5.74) is 1.32. The number of hydrogen-bond acceptors (Lipinski definition) is 4. The van der Waals surface area contributed by atoms with Crippen molar-refractivity contribution in [1.82, 2.24) is 10.6 Å². The van der Waals surface area contributed by atoms with Crippen LogP contribution in [0.5, 0.6) is 11.5 Å². The first-order chi connectivity index (χ1) is 13.8. The molecule has 6 nitrogen and oxygen atoms in total. The summed E-state index contributed by atoms with van der Waals surface area (Å²) in [5.74, 6) is 0.895. The molecule has 156 valence electrons. The highest BCUT2D eigenvalue weighted by Gasteiger charge is 2.22. The predicted octanol–water partition coefficient (Wildman–Crippen LogP) is 3.82. The van der Waals surface area contributed by atoms with Crippen LogP contribution in [0, 0.1) is 5.92 Å². The first-order valence-corrected chi connectivity index (χ1v) is 9.76. The molecule has 0 saturated carbocycles. The summed E-state index contributed by atoms with van der Waals surface area (Å²) in [6, 6.07) is 11.4. The van der Waals surface area contributed by atoms with Gasteiger partial charge in [-0.3, -0.25) is 9.59 Å². The molecule has 0 aliphatic heterocycles. The van der Waals surface area contributed by atoms with Crippen molar-refractivity contribution in [3.05, 3.63) is 58.6 Å². The average Bonchev–Trinajstić information content (AvgIpc) is 2.71. The van der Waals surface area contributed by atoms with Crippen LogP contribution >= 0.6 is 11.6 Å². The van der Waals surface area contributed by atoms with Crippen LogP contribution in [0.1, 0.15) is 36.2 Å². The Bertz CT molecular complexity index is 837. The van der Waals surface area contributed by atoms with Gasteiger partial charge in [-0.15, -0.1) is 0 Å². The van der Waals surface area contributed by atoms with Gasteiger partial charge in [0, 0.05) is 17.1 Å². The van der Waals surface area contributed by atoms with Crippen LogP contribution in [0.4, 0.5) is 0 Å². The number of carbonyl (C=O) groups is 2. The molecule has 0 radical (unpaired) electrons. The van der Waals surface area contributed by atoms with E-state index >= 15 is 0 Å². The van der Waals surface area contributed by atoms with Gasteiger partial charge in [0.15, 0.2) is 11.5 Å². The number of benzene rings is 2. The van der Waals surface area contributed by atoms with E-state index in [0.717, 1.165) is 5.56 Å². The molecule has 2 aromatic carbocycles. The number of ether oxygens (including phenoxy) is 2.